The lowest BCUT2D eigenvalue weighted by atomic mass is 10.2. The van der Waals surface area contributed by atoms with Gasteiger partial charge in [0.2, 0.25) is 5.91 Å². The summed E-state index contributed by atoms with van der Waals surface area (Å²) >= 11 is 7.36. The van der Waals surface area contributed by atoms with E-state index >= 15 is 0 Å². The number of rotatable bonds is 6. The first-order valence-electron chi connectivity index (χ1n) is 6.92. The van der Waals surface area contributed by atoms with Gasteiger partial charge in [0.1, 0.15) is 5.75 Å². The summed E-state index contributed by atoms with van der Waals surface area (Å²) in [5, 5.41) is 3.45. The van der Waals surface area contributed by atoms with Crippen molar-refractivity contribution in [3.05, 3.63) is 59.1 Å². The van der Waals surface area contributed by atoms with Gasteiger partial charge in [0.15, 0.2) is 0 Å². The third-order valence-electron chi connectivity index (χ3n) is 3.14. The van der Waals surface area contributed by atoms with Crippen LogP contribution in [-0.4, -0.2) is 18.3 Å². The predicted molar refractivity (Wildman–Crippen MR) is 91.6 cm³/mol. The number of carbonyl (C=O) groups excluding carboxylic acids is 1. The second-order valence-electron chi connectivity index (χ2n) is 4.74. The van der Waals surface area contributed by atoms with Crippen molar-refractivity contribution in [2.24, 2.45) is 0 Å². The molecule has 22 heavy (non-hydrogen) atoms. The maximum atomic E-state index is 12.2. The van der Waals surface area contributed by atoms with E-state index in [9.17, 15) is 4.79 Å². The van der Waals surface area contributed by atoms with Gasteiger partial charge in [0, 0.05) is 22.0 Å². The summed E-state index contributed by atoms with van der Waals surface area (Å²) in [7, 11) is 1.62. The Labute approximate surface area is 140 Å². The lowest BCUT2D eigenvalue weighted by Gasteiger charge is -2.13. The molecule has 0 saturated carbocycles. The molecule has 0 spiro atoms. The number of hydrogen-bond donors (Lipinski definition) is 1. The van der Waals surface area contributed by atoms with E-state index in [4.69, 9.17) is 16.3 Å². The predicted octanol–water partition coefficient (Wildman–Crippen LogP) is 4.15. The monoisotopic (exact) mass is 335 g/mol. The van der Waals surface area contributed by atoms with Gasteiger partial charge in [-0.2, -0.15) is 0 Å². The van der Waals surface area contributed by atoms with E-state index in [1.807, 2.05) is 55.5 Å². The Kier molecular flexibility index (Phi) is 6.16. The zero-order valence-electron chi connectivity index (χ0n) is 12.5. The van der Waals surface area contributed by atoms with E-state index < -0.39 is 0 Å². The largest absolute Gasteiger partial charge is 0.496 e. The van der Waals surface area contributed by atoms with Gasteiger partial charge in [0.05, 0.1) is 12.4 Å². The van der Waals surface area contributed by atoms with Crippen molar-refractivity contribution in [1.82, 2.24) is 5.32 Å². The van der Waals surface area contributed by atoms with Gasteiger partial charge in [-0.05, 0) is 37.3 Å². The fourth-order valence-electron chi connectivity index (χ4n) is 1.95. The van der Waals surface area contributed by atoms with Crippen LogP contribution in [0.1, 0.15) is 12.5 Å². The first kappa shape index (κ1) is 16.7. The van der Waals surface area contributed by atoms with Gasteiger partial charge < -0.3 is 10.1 Å². The SMILES string of the molecule is COc1ccccc1CNC(=O)[C@@H](C)Sc1ccc(Cl)cc1. The number of carbonyl (C=O) groups is 1. The quantitative estimate of drug-likeness (QED) is 0.806. The van der Waals surface area contributed by atoms with Crippen molar-refractivity contribution in [2.75, 3.05) is 7.11 Å². The van der Waals surface area contributed by atoms with Gasteiger partial charge in [-0.3, -0.25) is 4.79 Å². The average Bonchev–Trinajstić information content (AvgIpc) is 2.54. The zero-order chi connectivity index (χ0) is 15.9. The van der Waals surface area contributed by atoms with Gasteiger partial charge in [-0.25, -0.2) is 0 Å². The molecular formula is C17H18ClNO2S. The summed E-state index contributed by atoms with van der Waals surface area (Å²) in [5.41, 5.74) is 0.960. The summed E-state index contributed by atoms with van der Waals surface area (Å²) in [6.07, 6.45) is 0. The Hall–Kier alpha value is -1.65. The summed E-state index contributed by atoms with van der Waals surface area (Å²) in [6.45, 7) is 2.34. The van der Waals surface area contributed by atoms with Crippen molar-refractivity contribution in [2.45, 2.75) is 23.6 Å². The number of amides is 1. The van der Waals surface area contributed by atoms with Crippen LogP contribution in [0.4, 0.5) is 0 Å². The van der Waals surface area contributed by atoms with Crippen LogP contribution < -0.4 is 10.1 Å². The smallest absolute Gasteiger partial charge is 0.233 e. The van der Waals surface area contributed by atoms with Crippen molar-refractivity contribution < 1.29 is 9.53 Å². The Morgan fingerprint density at radius 1 is 1.23 bits per heavy atom. The van der Waals surface area contributed by atoms with Crippen LogP contribution in [0.5, 0.6) is 5.75 Å². The number of halogens is 1. The molecule has 116 valence electrons. The lowest BCUT2D eigenvalue weighted by molar-refractivity contribution is -0.120. The molecule has 1 N–H and O–H groups in total. The second-order valence-corrected chi connectivity index (χ2v) is 6.59. The Bertz CT molecular complexity index is 631. The van der Waals surface area contributed by atoms with Crippen LogP contribution in [0.15, 0.2) is 53.4 Å². The molecular weight excluding hydrogens is 318 g/mol. The molecule has 0 fully saturated rings. The van der Waals surface area contributed by atoms with E-state index in [0.29, 0.717) is 11.6 Å². The van der Waals surface area contributed by atoms with Crippen molar-refractivity contribution in [3.8, 4) is 5.75 Å². The Morgan fingerprint density at radius 3 is 2.59 bits per heavy atom. The standard InChI is InChI=1S/C17H18ClNO2S/c1-12(22-15-9-7-14(18)8-10-15)17(20)19-11-13-5-3-4-6-16(13)21-2/h3-10,12H,11H2,1-2H3,(H,19,20)/t12-/m1/s1. The minimum absolute atomic E-state index is 0.00847. The molecule has 0 aromatic heterocycles. The summed E-state index contributed by atoms with van der Waals surface area (Å²) in [5.74, 6) is 0.770. The number of para-hydroxylation sites is 1. The highest BCUT2D eigenvalue weighted by Gasteiger charge is 2.14. The topological polar surface area (TPSA) is 38.3 Å². The van der Waals surface area contributed by atoms with Gasteiger partial charge >= 0.3 is 0 Å². The minimum atomic E-state index is -0.184. The number of thioether (sulfide) groups is 1. The summed E-state index contributed by atoms with van der Waals surface area (Å²) < 4.78 is 5.28. The fraction of sp³-hybridized carbons (Fsp3) is 0.235. The third-order valence-corrected chi connectivity index (χ3v) is 4.51. The maximum absolute atomic E-state index is 12.2. The van der Waals surface area contributed by atoms with Crippen molar-refractivity contribution in [1.29, 1.82) is 0 Å². The molecule has 3 nitrogen and oxygen atoms in total. The number of benzene rings is 2. The average molecular weight is 336 g/mol. The summed E-state index contributed by atoms with van der Waals surface area (Å²) in [6, 6.07) is 15.1. The maximum Gasteiger partial charge on any atom is 0.233 e. The second kappa shape index (κ2) is 8.11. The molecule has 1 amide bonds. The van der Waals surface area contributed by atoms with Crippen LogP contribution in [0, 0.1) is 0 Å². The molecule has 0 saturated heterocycles. The molecule has 2 rings (SSSR count). The molecule has 5 heteroatoms. The van der Waals surface area contributed by atoms with E-state index in [2.05, 4.69) is 5.32 Å². The number of nitrogens with one attached hydrogen (secondary N) is 1. The van der Waals surface area contributed by atoms with E-state index in [0.717, 1.165) is 16.2 Å². The van der Waals surface area contributed by atoms with Gasteiger partial charge in [-0.1, -0.05) is 29.8 Å². The van der Waals surface area contributed by atoms with E-state index in [1.54, 1.807) is 7.11 Å². The molecule has 0 radical (unpaired) electrons. The molecule has 2 aromatic carbocycles. The van der Waals surface area contributed by atoms with Crippen LogP contribution in [-0.2, 0) is 11.3 Å². The lowest BCUT2D eigenvalue weighted by Crippen LogP contribution is -2.30. The normalized spacial score (nSPS) is 11.8. The highest BCUT2D eigenvalue weighted by molar-refractivity contribution is 8.00. The van der Waals surface area contributed by atoms with Crippen LogP contribution >= 0.6 is 23.4 Å². The van der Waals surface area contributed by atoms with E-state index in [1.165, 1.54) is 11.8 Å². The number of ether oxygens (including phenoxy) is 1. The molecule has 0 aliphatic carbocycles. The highest BCUT2D eigenvalue weighted by atomic mass is 35.5. The van der Waals surface area contributed by atoms with E-state index in [-0.39, 0.29) is 11.2 Å². The highest BCUT2D eigenvalue weighted by Crippen LogP contribution is 2.25. The molecule has 0 aliphatic rings. The number of methoxy groups -OCH3 is 1. The van der Waals surface area contributed by atoms with Crippen LogP contribution in [0.25, 0.3) is 0 Å². The molecule has 2 aromatic rings. The van der Waals surface area contributed by atoms with Crippen LogP contribution in [0.2, 0.25) is 5.02 Å². The molecule has 0 aliphatic heterocycles. The first-order valence-corrected chi connectivity index (χ1v) is 8.17. The summed E-state index contributed by atoms with van der Waals surface area (Å²) in [4.78, 5) is 13.2. The number of hydrogen-bond acceptors (Lipinski definition) is 3. The first-order chi connectivity index (χ1) is 10.6. The molecule has 0 bridgehead atoms. The van der Waals surface area contributed by atoms with Crippen molar-refractivity contribution >= 4 is 29.3 Å². The third kappa shape index (κ3) is 4.68. The minimum Gasteiger partial charge on any atom is -0.496 e. The Balaban J connectivity index is 1.90. The van der Waals surface area contributed by atoms with Crippen LogP contribution in [0.3, 0.4) is 0 Å². The van der Waals surface area contributed by atoms with Crippen molar-refractivity contribution in [3.63, 3.8) is 0 Å². The fourth-order valence-corrected chi connectivity index (χ4v) is 2.96. The molecule has 0 heterocycles. The Morgan fingerprint density at radius 2 is 1.91 bits per heavy atom. The molecule has 1 atom stereocenters. The molecule has 0 unspecified atom stereocenters. The van der Waals surface area contributed by atoms with Gasteiger partial charge in [0.25, 0.3) is 0 Å². The van der Waals surface area contributed by atoms with Gasteiger partial charge in [-0.15, -0.1) is 11.8 Å². The zero-order valence-corrected chi connectivity index (χ0v) is 14.1.